The van der Waals surface area contributed by atoms with Crippen LogP contribution in [-0.2, 0) is 0 Å². The van der Waals surface area contributed by atoms with E-state index in [1.165, 1.54) is 18.2 Å². The van der Waals surface area contributed by atoms with Gasteiger partial charge in [0.1, 0.15) is 5.69 Å². The van der Waals surface area contributed by atoms with E-state index in [0.29, 0.717) is 5.69 Å². The molecular weight excluding hydrogens is 234 g/mol. The van der Waals surface area contributed by atoms with Crippen molar-refractivity contribution in [3.8, 4) is 6.07 Å². The SMILES string of the molecule is CN(c1ccc(C#N)cc1[N+](=O)[O-])C(C)(C)CO. The molecule has 0 spiro atoms. The first-order valence-corrected chi connectivity index (χ1v) is 5.36. The molecule has 0 fully saturated rings. The van der Waals surface area contributed by atoms with Crippen molar-refractivity contribution in [2.24, 2.45) is 0 Å². The molecule has 0 aliphatic heterocycles. The molecule has 0 heterocycles. The van der Waals surface area contributed by atoms with Crippen LogP contribution in [0.1, 0.15) is 19.4 Å². The number of nitro groups is 1. The van der Waals surface area contributed by atoms with E-state index in [9.17, 15) is 15.2 Å². The second kappa shape index (κ2) is 5.02. The minimum atomic E-state index is -0.626. The highest BCUT2D eigenvalue weighted by Crippen LogP contribution is 2.32. The van der Waals surface area contributed by atoms with Crippen LogP contribution in [0.25, 0.3) is 0 Å². The summed E-state index contributed by atoms with van der Waals surface area (Å²) in [6.45, 7) is 3.41. The molecule has 0 radical (unpaired) electrons. The summed E-state index contributed by atoms with van der Waals surface area (Å²) in [4.78, 5) is 12.1. The maximum atomic E-state index is 11.0. The third-order valence-electron chi connectivity index (χ3n) is 2.96. The predicted molar refractivity (Wildman–Crippen MR) is 67.4 cm³/mol. The van der Waals surface area contributed by atoms with Gasteiger partial charge in [0.15, 0.2) is 0 Å². The van der Waals surface area contributed by atoms with Crippen LogP contribution in [0, 0.1) is 21.4 Å². The average molecular weight is 249 g/mol. The lowest BCUT2D eigenvalue weighted by Crippen LogP contribution is -2.44. The molecule has 6 heteroatoms. The Balaban J connectivity index is 3.33. The van der Waals surface area contributed by atoms with Gasteiger partial charge in [0, 0.05) is 13.1 Å². The number of benzene rings is 1. The highest BCUT2D eigenvalue weighted by Gasteiger charge is 2.28. The Morgan fingerprint density at radius 3 is 2.61 bits per heavy atom. The fraction of sp³-hybridized carbons (Fsp3) is 0.417. The van der Waals surface area contributed by atoms with E-state index in [-0.39, 0.29) is 17.9 Å². The summed E-state index contributed by atoms with van der Waals surface area (Å²) in [6.07, 6.45) is 0. The summed E-state index contributed by atoms with van der Waals surface area (Å²) in [7, 11) is 1.67. The van der Waals surface area contributed by atoms with E-state index in [2.05, 4.69) is 0 Å². The normalized spacial score (nSPS) is 10.8. The van der Waals surface area contributed by atoms with Gasteiger partial charge in [-0.1, -0.05) is 0 Å². The van der Waals surface area contributed by atoms with Crippen LogP contribution in [0.3, 0.4) is 0 Å². The van der Waals surface area contributed by atoms with Crippen molar-refractivity contribution in [2.75, 3.05) is 18.6 Å². The van der Waals surface area contributed by atoms with Crippen LogP contribution in [-0.4, -0.2) is 29.2 Å². The van der Waals surface area contributed by atoms with Crippen LogP contribution >= 0.6 is 0 Å². The molecule has 0 bridgehead atoms. The number of rotatable bonds is 4. The molecule has 1 rings (SSSR count). The Morgan fingerprint density at radius 2 is 2.17 bits per heavy atom. The van der Waals surface area contributed by atoms with Crippen molar-refractivity contribution in [3.63, 3.8) is 0 Å². The van der Waals surface area contributed by atoms with Gasteiger partial charge >= 0.3 is 0 Å². The molecule has 0 saturated carbocycles. The van der Waals surface area contributed by atoms with Crippen LogP contribution in [0.15, 0.2) is 18.2 Å². The summed E-state index contributed by atoms with van der Waals surface area (Å²) in [5.41, 5.74) is -0.157. The van der Waals surface area contributed by atoms with E-state index >= 15 is 0 Å². The third kappa shape index (κ3) is 2.57. The van der Waals surface area contributed by atoms with Crippen LogP contribution < -0.4 is 4.90 Å². The van der Waals surface area contributed by atoms with Crippen LogP contribution in [0.2, 0.25) is 0 Å². The molecule has 0 aliphatic rings. The number of aliphatic hydroxyl groups excluding tert-OH is 1. The zero-order valence-electron chi connectivity index (χ0n) is 10.5. The predicted octanol–water partition coefficient (Wildman–Crippen LogP) is 1.67. The van der Waals surface area contributed by atoms with Gasteiger partial charge in [-0.25, -0.2) is 0 Å². The summed E-state index contributed by atoms with van der Waals surface area (Å²) >= 11 is 0. The first-order chi connectivity index (χ1) is 8.33. The number of hydrogen-bond donors (Lipinski definition) is 1. The number of hydrogen-bond acceptors (Lipinski definition) is 5. The van der Waals surface area contributed by atoms with Crippen molar-refractivity contribution in [3.05, 3.63) is 33.9 Å². The fourth-order valence-electron chi connectivity index (χ4n) is 1.45. The monoisotopic (exact) mass is 249 g/mol. The molecule has 0 saturated heterocycles. The number of nitro benzene ring substituents is 1. The molecule has 18 heavy (non-hydrogen) atoms. The average Bonchev–Trinajstić information content (AvgIpc) is 2.36. The van der Waals surface area contributed by atoms with Crippen molar-refractivity contribution in [1.29, 1.82) is 5.26 Å². The molecule has 1 aromatic rings. The highest BCUT2D eigenvalue weighted by molar-refractivity contribution is 5.66. The Hall–Kier alpha value is -2.13. The van der Waals surface area contributed by atoms with Crippen molar-refractivity contribution in [1.82, 2.24) is 0 Å². The minimum Gasteiger partial charge on any atom is -0.394 e. The number of nitrogens with zero attached hydrogens (tertiary/aromatic N) is 3. The first-order valence-electron chi connectivity index (χ1n) is 5.36. The van der Waals surface area contributed by atoms with Gasteiger partial charge in [-0.05, 0) is 26.0 Å². The summed E-state index contributed by atoms with van der Waals surface area (Å²) < 4.78 is 0. The Kier molecular flexibility index (Phi) is 3.89. The number of nitriles is 1. The summed E-state index contributed by atoms with van der Waals surface area (Å²) in [5.74, 6) is 0. The van der Waals surface area contributed by atoms with Gasteiger partial charge in [0.2, 0.25) is 0 Å². The van der Waals surface area contributed by atoms with Gasteiger partial charge in [0.25, 0.3) is 5.69 Å². The van der Waals surface area contributed by atoms with Gasteiger partial charge in [0.05, 0.1) is 28.7 Å². The minimum absolute atomic E-state index is 0.138. The Labute approximate surface area is 105 Å². The molecule has 96 valence electrons. The van der Waals surface area contributed by atoms with E-state index in [4.69, 9.17) is 5.26 Å². The molecule has 0 atom stereocenters. The quantitative estimate of drug-likeness (QED) is 0.647. The summed E-state index contributed by atoms with van der Waals surface area (Å²) in [5, 5.41) is 29.1. The van der Waals surface area contributed by atoms with E-state index < -0.39 is 10.5 Å². The van der Waals surface area contributed by atoms with E-state index in [1.807, 2.05) is 6.07 Å². The van der Waals surface area contributed by atoms with Crippen LogP contribution in [0.4, 0.5) is 11.4 Å². The van der Waals surface area contributed by atoms with Gasteiger partial charge in [-0.15, -0.1) is 0 Å². The molecule has 6 nitrogen and oxygen atoms in total. The Bertz CT molecular complexity index is 506. The lowest BCUT2D eigenvalue weighted by Gasteiger charge is -2.35. The number of likely N-dealkylation sites (N-methyl/N-ethyl adjacent to an activating group) is 1. The molecule has 0 aliphatic carbocycles. The maximum absolute atomic E-state index is 11.0. The Morgan fingerprint density at radius 1 is 1.56 bits per heavy atom. The smallest absolute Gasteiger partial charge is 0.293 e. The molecule has 0 aromatic heterocycles. The summed E-state index contributed by atoms with van der Waals surface area (Å²) in [6, 6.07) is 6.15. The fourth-order valence-corrected chi connectivity index (χ4v) is 1.45. The van der Waals surface area contributed by atoms with Gasteiger partial charge in [-0.2, -0.15) is 5.26 Å². The molecule has 1 N–H and O–H groups in total. The van der Waals surface area contributed by atoms with Crippen molar-refractivity contribution in [2.45, 2.75) is 19.4 Å². The highest BCUT2D eigenvalue weighted by atomic mass is 16.6. The van der Waals surface area contributed by atoms with Crippen LogP contribution in [0.5, 0.6) is 0 Å². The lowest BCUT2D eigenvalue weighted by atomic mass is 10.0. The second-order valence-corrected chi connectivity index (χ2v) is 4.60. The molecule has 0 unspecified atom stereocenters. The van der Waals surface area contributed by atoms with E-state index in [1.54, 1.807) is 25.8 Å². The largest absolute Gasteiger partial charge is 0.394 e. The number of anilines is 1. The van der Waals surface area contributed by atoms with Gasteiger partial charge in [-0.3, -0.25) is 10.1 Å². The van der Waals surface area contributed by atoms with Gasteiger partial charge < -0.3 is 10.0 Å². The second-order valence-electron chi connectivity index (χ2n) is 4.60. The topological polar surface area (TPSA) is 90.4 Å². The zero-order chi connectivity index (χ0) is 13.9. The maximum Gasteiger partial charge on any atom is 0.293 e. The molecule has 1 aromatic carbocycles. The van der Waals surface area contributed by atoms with Crippen molar-refractivity contribution < 1.29 is 10.0 Å². The lowest BCUT2D eigenvalue weighted by molar-refractivity contribution is -0.384. The first kappa shape index (κ1) is 13.9. The van der Waals surface area contributed by atoms with E-state index in [0.717, 1.165) is 0 Å². The zero-order valence-corrected chi connectivity index (χ0v) is 10.5. The van der Waals surface area contributed by atoms with Crippen molar-refractivity contribution >= 4 is 11.4 Å². The third-order valence-corrected chi connectivity index (χ3v) is 2.96. The standard InChI is InChI=1S/C12H15N3O3/c1-12(2,8-16)14(3)10-5-4-9(7-13)6-11(10)15(17)18/h4-6,16H,8H2,1-3H3. The number of aliphatic hydroxyl groups is 1. The molecule has 0 amide bonds. The molecular formula is C12H15N3O3.